The lowest BCUT2D eigenvalue weighted by molar-refractivity contribution is 0.102. The SMILES string of the molecule is Cc1cnc(NC(=O)c2cc(N3CCCC[C@@H]3C)nc3c2CCOCC3)cn1. The van der Waals surface area contributed by atoms with E-state index in [1.165, 1.54) is 6.42 Å². The number of anilines is 2. The first kappa shape index (κ1) is 18.8. The highest BCUT2D eigenvalue weighted by Crippen LogP contribution is 2.28. The van der Waals surface area contributed by atoms with Gasteiger partial charge in [0, 0.05) is 30.3 Å². The summed E-state index contributed by atoms with van der Waals surface area (Å²) in [6, 6.07) is 2.38. The van der Waals surface area contributed by atoms with Gasteiger partial charge in [0.05, 0.1) is 31.3 Å². The highest BCUT2D eigenvalue weighted by Gasteiger charge is 2.25. The number of aromatic nitrogens is 3. The first-order valence-corrected chi connectivity index (χ1v) is 10.1. The van der Waals surface area contributed by atoms with Gasteiger partial charge >= 0.3 is 0 Å². The Morgan fingerprint density at radius 2 is 2.07 bits per heavy atom. The van der Waals surface area contributed by atoms with E-state index in [0.717, 1.165) is 48.6 Å². The zero-order valence-electron chi connectivity index (χ0n) is 16.6. The largest absolute Gasteiger partial charge is 0.381 e. The van der Waals surface area contributed by atoms with E-state index >= 15 is 0 Å². The van der Waals surface area contributed by atoms with Gasteiger partial charge in [-0.25, -0.2) is 9.97 Å². The average Bonchev–Trinajstić information content (AvgIpc) is 2.95. The molecule has 2 aromatic heterocycles. The van der Waals surface area contributed by atoms with Crippen LogP contribution in [-0.2, 0) is 17.6 Å². The van der Waals surface area contributed by atoms with Crippen molar-refractivity contribution >= 4 is 17.5 Å². The topological polar surface area (TPSA) is 80.2 Å². The molecule has 0 unspecified atom stereocenters. The second-order valence-corrected chi connectivity index (χ2v) is 7.60. The van der Waals surface area contributed by atoms with E-state index in [2.05, 4.69) is 27.1 Å². The predicted molar refractivity (Wildman–Crippen MR) is 108 cm³/mol. The number of nitrogens with one attached hydrogen (secondary N) is 1. The van der Waals surface area contributed by atoms with E-state index in [9.17, 15) is 4.79 Å². The van der Waals surface area contributed by atoms with Crippen LogP contribution in [0.5, 0.6) is 0 Å². The van der Waals surface area contributed by atoms with Crippen LogP contribution in [0.15, 0.2) is 18.5 Å². The number of ether oxygens (including phenoxy) is 1. The monoisotopic (exact) mass is 381 g/mol. The Labute approximate surface area is 165 Å². The molecule has 1 fully saturated rings. The van der Waals surface area contributed by atoms with Crippen LogP contribution in [0, 0.1) is 6.92 Å². The fourth-order valence-corrected chi connectivity index (χ4v) is 3.97. The van der Waals surface area contributed by atoms with Crippen molar-refractivity contribution in [3.8, 4) is 0 Å². The van der Waals surface area contributed by atoms with E-state index in [0.29, 0.717) is 37.1 Å². The molecule has 0 spiro atoms. The van der Waals surface area contributed by atoms with Crippen molar-refractivity contribution in [1.29, 1.82) is 0 Å². The number of carbonyl (C=O) groups excluding carboxylic acids is 1. The minimum absolute atomic E-state index is 0.162. The number of pyridine rings is 1. The highest BCUT2D eigenvalue weighted by molar-refractivity contribution is 6.05. The number of nitrogens with zero attached hydrogens (tertiary/aromatic N) is 4. The Hall–Kier alpha value is -2.54. The number of hydrogen-bond donors (Lipinski definition) is 1. The number of aryl methyl sites for hydroxylation is 1. The molecule has 148 valence electrons. The normalized spacial score (nSPS) is 19.6. The van der Waals surface area contributed by atoms with Crippen LogP contribution < -0.4 is 10.2 Å². The van der Waals surface area contributed by atoms with Crippen molar-refractivity contribution in [1.82, 2.24) is 15.0 Å². The Balaban J connectivity index is 1.70. The van der Waals surface area contributed by atoms with E-state index in [1.54, 1.807) is 12.4 Å². The van der Waals surface area contributed by atoms with Gasteiger partial charge < -0.3 is 15.0 Å². The lowest BCUT2D eigenvalue weighted by Crippen LogP contribution is -2.38. The van der Waals surface area contributed by atoms with Crippen LogP contribution >= 0.6 is 0 Å². The van der Waals surface area contributed by atoms with Crippen LogP contribution in [0.2, 0.25) is 0 Å². The fourth-order valence-electron chi connectivity index (χ4n) is 3.97. The highest BCUT2D eigenvalue weighted by atomic mass is 16.5. The van der Waals surface area contributed by atoms with E-state index in [-0.39, 0.29) is 5.91 Å². The summed E-state index contributed by atoms with van der Waals surface area (Å²) in [5, 5.41) is 2.90. The summed E-state index contributed by atoms with van der Waals surface area (Å²) in [7, 11) is 0. The third-order valence-electron chi connectivity index (χ3n) is 5.54. The predicted octanol–water partition coefficient (Wildman–Crippen LogP) is 2.93. The minimum Gasteiger partial charge on any atom is -0.381 e. The number of piperidine rings is 1. The molecule has 7 heteroatoms. The molecule has 1 saturated heterocycles. The lowest BCUT2D eigenvalue weighted by atomic mass is 9.99. The van der Waals surface area contributed by atoms with Crippen molar-refractivity contribution in [2.45, 2.75) is 52.0 Å². The van der Waals surface area contributed by atoms with Crippen molar-refractivity contribution in [3.63, 3.8) is 0 Å². The molecule has 1 N–H and O–H groups in total. The number of fused-ring (bicyclic) bond motifs is 1. The summed E-state index contributed by atoms with van der Waals surface area (Å²) < 4.78 is 5.64. The smallest absolute Gasteiger partial charge is 0.257 e. The third kappa shape index (κ3) is 3.99. The van der Waals surface area contributed by atoms with Gasteiger partial charge in [0.15, 0.2) is 5.82 Å². The van der Waals surface area contributed by atoms with E-state index in [4.69, 9.17) is 9.72 Å². The van der Waals surface area contributed by atoms with Crippen LogP contribution in [0.3, 0.4) is 0 Å². The molecule has 28 heavy (non-hydrogen) atoms. The molecule has 2 aliphatic heterocycles. The second kappa shape index (κ2) is 8.22. The molecule has 1 atom stereocenters. The van der Waals surface area contributed by atoms with Crippen LogP contribution in [-0.4, -0.2) is 46.7 Å². The molecule has 0 aromatic carbocycles. The van der Waals surface area contributed by atoms with Gasteiger partial charge in [0.1, 0.15) is 5.82 Å². The molecule has 7 nitrogen and oxygen atoms in total. The lowest BCUT2D eigenvalue weighted by Gasteiger charge is -2.35. The van der Waals surface area contributed by atoms with Crippen molar-refractivity contribution in [3.05, 3.63) is 41.0 Å². The number of rotatable bonds is 3. The first-order valence-electron chi connectivity index (χ1n) is 10.1. The average molecular weight is 381 g/mol. The van der Waals surface area contributed by atoms with Gasteiger partial charge in [-0.3, -0.25) is 9.78 Å². The summed E-state index contributed by atoms with van der Waals surface area (Å²) >= 11 is 0. The van der Waals surface area contributed by atoms with E-state index < -0.39 is 0 Å². The number of hydrogen-bond acceptors (Lipinski definition) is 6. The molecular formula is C21H27N5O2. The van der Waals surface area contributed by atoms with E-state index in [1.807, 2.05) is 13.0 Å². The number of amides is 1. The molecule has 2 aromatic rings. The summed E-state index contributed by atoms with van der Waals surface area (Å²) in [4.78, 5) is 28.9. The summed E-state index contributed by atoms with van der Waals surface area (Å²) in [5.74, 6) is 1.19. The molecule has 0 aliphatic carbocycles. The molecular weight excluding hydrogens is 354 g/mol. The molecule has 0 bridgehead atoms. The van der Waals surface area contributed by atoms with Crippen molar-refractivity contribution < 1.29 is 9.53 Å². The Bertz CT molecular complexity index is 853. The van der Waals surface area contributed by atoms with Gasteiger partial charge in [-0.15, -0.1) is 0 Å². The van der Waals surface area contributed by atoms with Crippen molar-refractivity contribution in [2.75, 3.05) is 30.0 Å². The molecule has 1 amide bonds. The van der Waals surface area contributed by atoms with Gasteiger partial charge in [-0.05, 0) is 51.2 Å². The molecule has 4 rings (SSSR count). The van der Waals surface area contributed by atoms with Gasteiger partial charge in [0.25, 0.3) is 5.91 Å². The van der Waals surface area contributed by atoms with Gasteiger partial charge in [-0.2, -0.15) is 0 Å². The first-order chi connectivity index (χ1) is 13.6. The molecule has 4 heterocycles. The quantitative estimate of drug-likeness (QED) is 0.881. The molecule has 0 saturated carbocycles. The van der Waals surface area contributed by atoms with Gasteiger partial charge in [-0.1, -0.05) is 0 Å². The minimum atomic E-state index is -0.162. The zero-order chi connectivity index (χ0) is 19.5. The Kier molecular flexibility index (Phi) is 5.52. The Morgan fingerprint density at radius 1 is 1.21 bits per heavy atom. The maximum absolute atomic E-state index is 13.1. The van der Waals surface area contributed by atoms with Gasteiger partial charge in [0.2, 0.25) is 0 Å². The van der Waals surface area contributed by atoms with Crippen LogP contribution in [0.4, 0.5) is 11.6 Å². The summed E-state index contributed by atoms with van der Waals surface area (Å²) in [5.41, 5.74) is 3.45. The van der Waals surface area contributed by atoms with Crippen molar-refractivity contribution in [2.24, 2.45) is 0 Å². The maximum atomic E-state index is 13.1. The maximum Gasteiger partial charge on any atom is 0.257 e. The van der Waals surface area contributed by atoms with Crippen LogP contribution in [0.1, 0.15) is 53.5 Å². The second-order valence-electron chi connectivity index (χ2n) is 7.60. The summed E-state index contributed by atoms with van der Waals surface area (Å²) in [6.45, 7) is 6.33. The summed E-state index contributed by atoms with van der Waals surface area (Å²) in [6.07, 6.45) is 8.22. The number of carbonyl (C=O) groups is 1. The third-order valence-corrected chi connectivity index (χ3v) is 5.54. The zero-order valence-corrected chi connectivity index (χ0v) is 16.6. The fraction of sp³-hybridized carbons (Fsp3) is 0.524. The Morgan fingerprint density at radius 3 is 2.86 bits per heavy atom. The molecule has 2 aliphatic rings. The molecule has 0 radical (unpaired) electrons. The standard InChI is InChI=1S/C21H27N5O2/c1-14-12-23-19(13-22-14)25-21(27)17-11-20(26-8-4-3-5-15(26)2)24-18-7-10-28-9-6-16(17)18/h11-13,15H,3-10H2,1-2H3,(H,23,25,27)/t15-/m0/s1. The van der Waals surface area contributed by atoms with Crippen LogP contribution in [0.25, 0.3) is 0 Å².